The molecule has 1 atom stereocenters. The fourth-order valence-electron chi connectivity index (χ4n) is 1.93. The number of aliphatic hydroxyl groups excluding tert-OH is 1. The molecule has 16 heavy (non-hydrogen) atoms. The largest absolute Gasteiger partial charge is 0.389 e. The van der Waals surface area contributed by atoms with E-state index in [0.29, 0.717) is 25.1 Å². The summed E-state index contributed by atoms with van der Waals surface area (Å²) in [5.74, 6) is 0.623. The molecule has 4 nitrogen and oxygen atoms in total. The minimum Gasteiger partial charge on any atom is -0.389 e. The predicted octanol–water partition coefficient (Wildman–Crippen LogP) is 0.542. The van der Waals surface area contributed by atoms with Gasteiger partial charge < -0.3 is 19.9 Å². The van der Waals surface area contributed by atoms with Crippen LogP contribution in [-0.4, -0.2) is 50.2 Å². The summed E-state index contributed by atoms with van der Waals surface area (Å²) in [6, 6.07) is 0.658. The lowest BCUT2D eigenvalue weighted by atomic mass is 10.0. The predicted molar refractivity (Wildman–Crippen MR) is 61.4 cm³/mol. The van der Waals surface area contributed by atoms with E-state index in [1.807, 2.05) is 0 Å². The lowest BCUT2D eigenvalue weighted by Crippen LogP contribution is -2.32. The first kappa shape index (κ1) is 12.3. The number of nitrogens with one attached hydrogen (secondary N) is 1. The van der Waals surface area contributed by atoms with Crippen molar-refractivity contribution in [1.29, 1.82) is 0 Å². The van der Waals surface area contributed by atoms with Crippen molar-refractivity contribution < 1.29 is 14.6 Å². The molecule has 1 saturated carbocycles. The number of aliphatic hydroxyl groups is 1. The molecule has 1 aliphatic carbocycles. The Bertz CT molecular complexity index is 191. The topological polar surface area (TPSA) is 50.7 Å². The van der Waals surface area contributed by atoms with Crippen LogP contribution in [0.25, 0.3) is 0 Å². The van der Waals surface area contributed by atoms with Gasteiger partial charge in [0, 0.05) is 32.4 Å². The average Bonchev–Trinajstić information content (AvgIpc) is 3.12. The molecule has 2 fully saturated rings. The summed E-state index contributed by atoms with van der Waals surface area (Å²) in [6.45, 7) is 3.61. The third-order valence-electron chi connectivity index (χ3n) is 3.22. The van der Waals surface area contributed by atoms with Crippen molar-refractivity contribution in [1.82, 2.24) is 5.32 Å². The molecular weight excluding hydrogens is 206 g/mol. The second-order valence-corrected chi connectivity index (χ2v) is 4.93. The van der Waals surface area contributed by atoms with Crippen LogP contribution in [0, 0.1) is 5.92 Å². The molecule has 0 spiro atoms. The summed E-state index contributed by atoms with van der Waals surface area (Å²) in [5.41, 5.74) is 0. The molecule has 2 N–H and O–H groups in total. The van der Waals surface area contributed by atoms with Crippen molar-refractivity contribution >= 4 is 0 Å². The van der Waals surface area contributed by atoms with E-state index in [1.54, 1.807) is 0 Å². The normalized spacial score (nSPS) is 24.6. The maximum Gasteiger partial charge on any atom is 0.0897 e. The first-order valence-corrected chi connectivity index (χ1v) is 6.41. The summed E-state index contributed by atoms with van der Waals surface area (Å²) in [7, 11) is 0. The monoisotopic (exact) mass is 229 g/mol. The molecule has 1 heterocycles. The fourth-order valence-corrected chi connectivity index (χ4v) is 1.93. The molecular formula is C12H23NO3. The third kappa shape index (κ3) is 4.78. The van der Waals surface area contributed by atoms with E-state index < -0.39 is 0 Å². The summed E-state index contributed by atoms with van der Waals surface area (Å²) in [4.78, 5) is 0. The molecule has 0 radical (unpaired) electrons. The SMILES string of the molecule is OC(CNC1CC1)COCC1CCOCC1. The van der Waals surface area contributed by atoms with Crippen LogP contribution in [0.1, 0.15) is 25.7 Å². The van der Waals surface area contributed by atoms with Crippen molar-refractivity contribution in [3.8, 4) is 0 Å². The van der Waals surface area contributed by atoms with Gasteiger partial charge in [0.25, 0.3) is 0 Å². The van der Waals surface area contributed by atoms with Gasteiger partial charge in [-0.25, -0.2) is 0 Å². The van der Waals surface area contributed by atoms with E-state index in [0.717, 1.165) is 32.7 Å². The van der Waals surface area contributed by atoms with Gasteiger partial charge in [-0.1, -0.05) is 0 Å². The van der Waals surface area contributed by atoms with Gasteiger partial charge in [-0.2, -0.15) is 0 Å². The van der Waals surface area contributed by atoms with Gasteiger partial charge in [0.15, 0.2) is 0 Å². The van der Waals surface area contributed by atoms with Gasteiger partial charge in [-0.15, -0.1) is 0 Å². The molecule has 0 bridgehead atoms. The van der Waals surface area contributed by atoms with Gasteiger partial charge in [-0.05, 0) is 31.6 Å². The highest BCUT2D eigenvalue weighted by Crippen LogP contribution is 2.18. The van der Waals surface area contributed by atoms with Crippen molar-refractivity contribution in [3.63, 3.8) is 0 Å². The zero-order valence-electron chi connectivity index (χ0n) is 9.86. The van der Waals surface area contributed by atoms with Crippen LogP contribution < -0.4 is 5.32 Å². The molecule has 2 aliphatic rings. The van der Waals surface area contributed by atoms with Crippen LogP contribution in [0.15, 0.2) is 0 Å². The Balaban J connectivity index is 1.45. The smallest absolute Gasteiger partial charge is 0.0897 e. The maximum atomic E-state index is 9.64. The number of hydrogen-bond acceptors (Lipinski definition) is 4. The first-order valence-electron chi connectivity index (χ1n) is 6.41. The fraction of sp³-hybridized carbons (Fsp3) is 1.00. The Kier molecular flexibility index (Phi) is 5.03. The Morgan fingerprint density at radius 1 is 1.25 bits per heavy atom. The Hall–Kier alpha value is -0.160. The van der Waals surface area contributed by atoms with Crippen LogP contribution in [0.5, 0.6) is 0 Å². The molecule has 0 aromatic heterocycles. The Morgan fingerprint density at radius 2 is 2.00 bits per heavy atom. The van der Waals surface area contributed by atoms with E-state index in [-0.39, 0.29) is 6.10 Å². The minimum atomic E-state index is -0.361. The summed E-state index contributed by atoms with van der Waals surface area (Å²) < 4.78 is 10.8. The van der Waals surface area contributed by atoms with E-state index in [1.165, 1.54) is 12.8 Å². The van der Waals surface area contributed by atoms with Crippen molar-refractivity contribution in [2.75, 3.05) is 33.0 Å². The molecule has 1 saturated heterocycles. The summed E-state index contributed by atoms with van der Waals surface area (Å²) in [6.07, 6.45) is 4.35. The van der Waals surface area contributed by atoms with E-state index in [2.05, 4.69) is 5.32 Å². The van der Waals surface area contributed by atoms with Crippen LogP contribution >= 0.6 is 0 Å². The third-order valence-corrected chi connectivity index (χ3v) is 3.22. The number of hydrogen-bond donors (Lipinski definition) is 2. The van der Waals surface area contributed by atoms with Crippen molar-refractivity contribution in [2.45, 2.75) is 37.8 Å². The maximum absolute atomic E-state index is 9.64. The van der Waals surface area contributed by atoms with Gasteiger partial charge in [0.2, 0.25) is 0 Å². The van der Waals surface area contributed by atoms with Crippen LogP contribution in [0.2, 0.25) is 0 Å². The van der Waals surface area contributed by atoms with Crippen LogP contribution in [0.4, 0.5) is 0 Å². The Morgan fingerprint density at radius 3 is 2.69 bits per heavy atom. The molecule has 0 aromatic rings. The van der Waals surface area contributed by atoms with Gasteiger partial charge in [-0.3, -0.25) is 0 Å². The van der Waals surface area contributed by atoms with Gasteiger partial charge in [0.1, 0.15) is 0 Å². The minimum absolute atomic E-state index is 0.361. The van der Waals surface area contributed by atoms with E-state index in [4.69, 9.17) is 9.47 Å². The number of ether oxygens (including phenoxy) is 2. The molecule has 94 valence electrons. The average molecular weight is 229 g/mol. The second kappa shape index (κ2) is 6.55. The summed E-state index contributed by atoms with van der Waals surface area (Å²) >= 11 is 0. The quantitative estimate of drug-likeness (QED) is 0.669. The number of rotatable bonds is 7. The molecule has 0 aromatic carbocycles. The Labute approximate surface area is 97.3 Å². The van der Waals surface area contributed by atoms with Crippen LogP contribution in [-0.2, 0) is 9.47 Å². The van der Waals surface area contributed by atoms with Crippen LogP contribution in [0.3, 0.4) is 0 Å². The lowest BCUT2D eigenvalue weighted by molar-refractivity contribution is -0.00863. The van der Waals surface area contributed by atoms with Crippen molar-refractivity contribution in [3.05, 3.63) is 0 Å². The first-order chi connectivity index (χ1) is 7.84. The highest BCUT2D eigenvalue weighted by Gasteiger charge is 2.21. The van der Waals surface area contributed by atoms with Crippen molar-refractivity contribution in [2.24, 2.45) is 5.92 Å². The molecule has 1 aliphatic heterocycles. The van der Waals surface area contributed by atoms with E-state index in [9.17, 15) is 5.11 Å². The molecule has 4 heteroatoms. The van der Waals surface area contributed by atoms with Gasteiger partial charge >= 0.3 is 0 Å². The zero-order chi connectivity index (χ0) is 11.2. The molecule has 2 rings (SSSR count). The highest BCUT2D eigenvalue weighted by atomic mass is 16.5. The lowest BCUT2D eigenvalue weighted by Gasteiger charge is -2.22. The van der Waals surface area contributed by atoms with E-state index >= 15 is 0 Å². The second-order valence-electron chi connectivity index (χ2n) is 4.93. The summed E-state index contributed by atoms with van der Waals surface area (Å²) in [5, 5.41) is 12.9. The van der Waals surface area contributed by atoms with Gasteiger partial charge in [0.05, 0.1) is 12.7 Å². The standard InChI is InChI=1S/C12H23NO3/c14-12(7-13-11-1-2-11)9-16-8-10-3-5-15-6-4-10/h10-14H,1-9H2. The molecule has 1 unspecified atom stereocenters. The molecule has 0 amide bonds. The highest BCUT2D eigenvalue weighted by molar-refractivity contribution is 4.81. The zero-order valence-corrected chi connectivity index (χ0v) is 9.86.